The van der Waals surface area contributed by atoms with Gasteiger partial charge >= 0.3 is 5.97 Å². The van der Waals surface area contributed by atoms with Crippen molar-refractivity contribution in [1.82, 2.24) is 5.32 Å². The SMILES string of the molecule is O=C(O)c1ccccc1CNCC1CCCCC1O. The van der Waals surface area contributed by atoms with Crippen molar-refractivity contribution in [3.05, 3.63) is 35.4 Å². The van der Waals surface area contributed by atoms with E-state index in [-0.39, 0.29) is 6.10 Å². The first-order chi connectivity index (χ1) is 9.18. The Labute approximate surface area is 113 Å². The first-order valence-electron chi connectivity index (χ1n) is 6.88. The summed E-state index contributed by atoms with van der Waals surface area (Å²) in [5.74, 6) is -0.596. The third-order valence-electron chi connectivity index (χ3n) is 3.84. The molecule has 1 aromatic carbocycles. The number of rotatable bonds is 5. The van der Waals surface area contributed by atoms with Crippen LogP contribution in [-0.4, -0.2) is 28.8 Å². The van der Waals surface area contributed by atoms with E-state index < -0.39 is 5.97 Å². The first-order valence-corrected chi connectivity index (χ1v) is 6.88. The van der Waals surface area contributed by atoms with Crippen LogP contribution in [0, 0.1) is 5.92 Å². The zero-order valence-corrected chi connectivity index (χ0v) is 11.0. The summed E-state index contributed by atoms with van der Waals surface area (Å²) in [7, 11) is 0. The smallest absolute Gasteiger partial charge is 0.336 e. The Bertz CT molecular complexity index is 433. The van der Waals surface area contributed by atoms with Crippen molar-refractivity contribution in [2.24, 2.45) is 5.92 Å². The number of aromatic carboxylic acids is 1. The second kappa shape index (κ2) is 6.68. The van der Waals surface area contributed by atoms with Gasteiger partial charge in [0.1, 0.15) is 0 Å². The molecule has 1 saturated carbocycles. The Balaban J connectivity index is 1.87. The normalized spacial score (nSPS) is 23.2. The summed E-state index contributed by atoms with van der Waals surface area (Å²) in [6.45, 7) is 1.28. The van der Waals surface area contributed by atoms with Crippen LogP contribution in [0.5, 0.6) is 0 Å². The largest absolute Gasteiger partial charge is 0.478 e. The van der Waals surface area contributed by atoms with Crippen molar-refractivity contribution >= 4 is 5.97 Å². The Kier molecular flexibility index (Phi) is 4.93. The summed E-state index contributed by atoms with van der Waals surface area (Å²) < 4.78 is 0. The van der Waals surface area contributed by atoms with Crippen LogP contribution < -0.4 is 5.32 Å². The Morgan fingerprint density at radius 2 is 2.00 bits per heavy atom. The number of benzene rings is 1. The van der Waals surface area contributed by atoms with E-state index in [1.807, 2.05) is 12.1 Å². The van der Waals surface area contributed by atoms with Crippen LogP contribution in [0.15, 0.2) is 24.3 Å². The lowest BCUT2D eigenvalue weighted by Gasteiger charge is -2.27. The molecule has 0 heterocycles. The Morgan fingerprint density at radius 3 is 2.74 bits per heavy atom. The maximum Gasteiger partial charge on any atom is 0.336 e. The van der Waals surface area contributed by atoms with Gasteiger partial charge in [-0.15, -0.1) is 0 Å². The second-order valence-corrected chi connectivity index (χ2v) is 5.21. The average molecular weight is 263 g/mol. The molecule has 2 rings (SSSR count). The molecule has 0 bridgehead atoms. The molecule has 0 amide bonds. The first kappa shape index (κ1) is 14.0. The number of hydrogen-bond acceptors (Lipinski definition) is 3. The van der Waals surface area contributed by atoms with E-state index in [2.05, 4.69) is 5.32 Å². The van der Waals surface area contributed by atoms with Crippen LogP contribution in [0.2, 0.25) is 0 Å². The summed E-state index contributed by atoms with van der Waals surface area (Å²) in [6, 6.07) is 7.03. The molecule has 4 heteroatoms. The fourth-order valence-corrected chi connectivity index (χ4v) is 2.70. The molecule has 1 aliphatic carbocycles. The quantitative estimate of drug-likeness (QED) is 0.760. The standard InChI is InChI=1S/C15H21NO3/c17-14-8-4-2-6-12(14)10-16-9-11-5-1-3-7-13(11)15(18)19/h1,3,5,7,12,14,16-17H,2,4,6,8-10H2,(H,18,19). The van der Waals surface area contributed by atoms with E-state index in [1.54, 1.807) is 12.1 Å². The van der Waals surface area contributed by atoms with Crippen LogP contribution in [-0.2, 0) is 6.54 Å². The fourth-order valence-electron chi connectivity index (χ4n) is 2.70. The van der Waals surface area contributed by atoms with E-state index >= 15 is 0 Å². The molecule has 0 aliphatic heterocycles. The van der Waals surface area contributed by atoms with Crippen LogP contribution in [0.4, 0.5) is 0 Å². The highest BCUT2D eigenvalue weighted by Gasteiger charge is 2.22. The van der Waals surface area contributed by atoms with Crippen molar-refractivity contribution < 1.29 is 15.0 Å². The predicted molar refractivity (Wildman–Crippen MR) is 73.1 cm³/mol. The molecule has 3 N–H and O–H groups in total. The number of carboxylic acid groups (broad SMARTS) is 1. The topological polar surface area (TPSA) is 69.6 Å². The summed E-state index contributed by atoms with van der Waals surface area (Å²) in [6.07, 6.45) is 4.01. The zero-order valence-electron chi connectivity index (χ0n) is 11.0. The molecule has 4 nitrogen and oxygen atoms in total. The fraction of sp³-hybridized carbons (Fsp3) is 0.533. The molecule has 0 radical (unpaired) electrons. The summed E-state index contributed by atoms with van der Waals surface area (Å²) >= 11 is 0. The van der Waals surface area contributed by atoms with Gasteiger partial charge < -0.3 is 15.5 Å². The number of hydrogen-bond donors (Lipinski definition) is 3. The predicted octanol–water partition coefficient (Wildman–Crippen LogP) is 2.03. The highest BCUT2D eigenvalue weighted by atomic mass is 16.4. The second-order valence-electron chi connectivity index (χ2n) is 5.21. The van der Waals surface area contributed by atoms with Gasteiger partial charge in [0.2, 0.25) is 0 Å². The maximum absolute atomic E-state index is 11.1. The molecule has 19 heavy (non-hydrogen) atoms. The lowest BCUT2D eigenvalue weighted by Crippen LogP contribution is -2.33. The van der Waals surface area contributed by atoms with Gasteiger partial charge in [0.15, 0.2) is 0 Å². The Morgan fingerprint density at radius 1 is 1.26 bits per heavy atom. The minimum atomic E-state index is -0.893. The van der Waals surface area contributed by atoms with Crippen molar-refractivity contribution in [3.63, 3.8) is 0 Å². The highest BCUT2D eigenvalue weighted by molar-refractivity contribution is 5.89. The molecular weight excluding hydrogens is 242 g/mol. The molecule has 1 aromatic rings. The maximum atomic E-state index is 11.1. The molecule has 0 aromatic heterocycles. The van der Waals surface area contributed by atoms with E-state index in [4.69, 9.17) is 5.11 Å². The van der Waals surface area contributed by atoms with Gasteiger partial charge in [-0.2, -0.15) is 0 Å². The van der Waals surface area contributed by atoms with E-state index in [0.717, 1.165) is 31.4 Å². The van der Waals surface area contributed by atoms with E-state index in [1.165, 1.54) is 6.42 Å². The van der Waals surface area contributed by atoms with Gasteiger partial charge in [0.25, 0.3) is 0 Å². The number of aliphatic hydroxyl groups is 1. The molecule has 2 atom stereocenters. The van der Waals surface area contributed by atoms with Crippen molar-refractivity contribution in [1.29, 1.82) is 0 Å². The van der Waals surface area contributed by atoms with Gasteiger partial charge in [-0.25, -0.2) is 4.79 Å². The molecule has 2 unspecified atom stereocenters. The molecule has 1 aliphatic rings. The third kappa shape index (κ3) is 3.78. The third-order valence-corrected chi connectivity index (χ3v) is 3.84. The molecular formula is C15H21NO3. The van der Waals surface area contributed by atoms with Crippen LogP contribution in [0.25, 0.3) is 0 Å². The van der Waals surface area contributed by atoms with Gasteiger partial charge in [-0.3, -0.25) is 0 Å². The van der Waals surface area contributed by atoms with Gasteiger partial charge in [0.05, 0.1) is 11.7 Å². The molecule has 104 valence electrons. The van der Waals surface area contributed by atoms with Crippen molar-refractivity contribution in [2.75, 3.05) is 6.54 Å². The number of aliphatic hydroxyl groups excluding tert-OH is 1. The van der Waals surface area contributed by atoms with Gasteiger partial charge in [-0.1, -0.05) is 31.0 Å². The summed E-state index contributed by atoms with van der Waals surface area (Å²) in [5.41, 5.74) is 1.14. The average Bonchev–Trinajstić information content (AvgIpc) is 2.41. The number of nitrogens with one attached hydrogen (secondary N) is 1. The number of carboxylic acids is 1. The minimum absolute atomic E-state index is 0.212. The highest BCUT2D eigenvalue weighted by Crippen LogP contribution is 2.23. The van der Waals surface area contributed by atoms with Crippen LogP contribution in [0.3, 0.4) is 0 Å². The summed E-state index contributed by atoms with van der Waals surface area (Å²) in [4.78, 5) is 11.1. The monoisotopic (exact) mass is 263 g/mol. The van der Waals surface area contributed by atoms with Gasteiger partial charge in [0, 0.05) is 13.1 Å². The molecule has 0 saturated heterocycles. The lowest BCUT2D eigenvalue weighted by molar-refractivity contribution is 0.0681. The summed E-state index contributed by atoms with van der Waals surface area (Å²) in [5, 5.41) is 22.2. The molecule has 1 fully saturated rings. The van der Waals surface area contributed by atoms with Crippen LogP contribution >= 0.6 is 0 Å². The van der Waals surface area contributed by atoms with E-state index in [9.17, 15) is 9.90 Å². The van der Waals surface area contributed by atoms with E-state index in [0.29, 0.717) is 18.0 Å². The minimum Gasteiger partial charge on any atom is -0.478 e. The number of carbonyl (C=O) groups is 1. The molecule has 0 spiro atoms. The Hall–Kier alpha value is -1.39. The zero-order chi connectivity index (χ0) is 13.7. The van der Waals surface area contributed by atoms with Crippen LogP contribution in [0.1, 0.15) is 41.6 Å². The van der Waals surface area contributed by atoms with Crippen molar-refractivity contribution in [2.45, 2.75) is 38.3 Å². The van der Waals surface area contributed by atoms with Crippen molar-refractivity contribution in [3.8, 4) is 0 Å². The van der Waals surface area contributed by atoms with Gasteiger partial charge in [-0.05, 0) is 30.4 Å². The lowest BCUT2D eigenvalue weighted by atomic mass is 9.86.